The molecule has 2 N–H and O–H groups in total. The lowest BCUT2D eigenvalue weighted by molar-refractivity contribution is 0.498. The predicted molar refractivity (Wildman–Crippen MR) is 85.9 cm³/mol. The first-order valence-corrected chi connectivity index (χ1v) is 9.21. The fourth-order valence-corrected chi connectivity index (χ4v) is 4.30. The molecule has 0 aromatic heterocycles. The number of rotatable bonds is 6. The van der Waals surface area contributed by atoms with Crippen molar-refractivity contribution in [1.29, 1.82) is 0 Å². The molecule has 0 saturated heterocycles. The van der Waals surface area contributed by atoms with E-state index in [1.807, 2.05) is 7.05 Å². The Labute approximate surface area is 132 Å². The normalized spacial score (nSPS) is 22.6. The predicted octanol–water partition coefficient (Wildman–Crippen LogP) is 2.77. The third-order valence-corrected chi connectivity index (χ3v) is 5.84. The number of halogens is 1. The first-order valence-electron chi connectivity index (χ1n) is 7.35. The van der Waals surface area contributed by atoms with E-state index in [1.54, 1.807) is 12.1 Å². The molecular formula is C15H23ClN2O2S. The molecule has 0 amide bonds. The van der Waals surface area contributed by atoms with Gasteiger partial charge < -0.3 is 5.32 Å². The number of hydrogen-bond donors (Lipinski definition) is 2. The molecule has 1 fully saturated rings. The minimum atomic E-state index is -3.47. The summed E-state index contributed by atoms with van der Waals surface area (Å²) >= 11 is 6.13. The maximum absolute atomic E-state index is 12.3. The van der Waals surface area contributed by atoms with Crippen molar-refractivity contribution in [1.82, 2.24) is 10.0 Å². The van der Waals surface area contributed by atoms with E-state index < -0.39 is 10.0 Å². The second-order valence-corrected chi connectivity index (χ2v) is 8.09. The summed E-state index contributed by atoms with van der Waals surface area (Å²) in [5.74, 6) is 1.16. The maximum Gasteiger partial charge on any atom is 0.240 e. The quantitative estimate of drug-likeness (QED) is 0.843. The zero-order valence-electron chi connectivity index (χ0n) is 12.5. The van der Waals surface area contributed by atoms with E-state index >= 15 is 0 Å². The second-order valence-electron chi connectivity index (χ2n) is 5.92. The van der Waals surface area contributed by atoms with Gasteiger partial charge in [0.05, 0.1) is 4.90 Å². The van der Waals surface area contributed by atoms with Crippen LogP contribution in [0.2, 0.25) is 5.02 Å². The van der Waals surface area contributed by atoms with Gasteiger partial charge in [-0.2, -0.15) is 0 Å². The van der Waals surface area contributed by atoms with Crippen LogP contribution in [0.1, 0.15) is 31.7 Å². The van der Waals surface area contributed by atoms with E-state index in [0.717, 1.165) is 18.4 Å². The molecule has 1 aromatic rings. The number of hydrogen-bond acceptors (Lipinski definition) is 3. The van der Waals surface area contributed by atoms with Crippen molar-refractivity contribution in [2.45, 2.75) is 37.6 Å². The van der Waals surface area contributed by atoms with Gasteiger partial charge in [-0.15, -0.1) is 0 Å². The van der Waals surface area contributed by atoms with Crippen molar-refractivity contribution in [2.75, 3.05) is 13.6 Å². The van der Waals surface area contributed by atoms with E-state index in [0.29, 0.717) is 29.9 Å². The molecular weight excluding hydrogens is 308 g/mol. The summed E-state index contributed by atoms with van der Waals surface area (Å²) in [6.07, 6.45) is 3.40. The van der Waals surface area contributed by atoms with Gasteiger partial charge in [0, 0.05) is 18.1 Å². The average molecular weight is 331 g/mol. The van der Waals surface area contributed by atoms with E-state index in [9.17, 15) is 8.42 Å². The van der Waals surface area contributed by atoms with Gasteiger partial charge in [0.1, 0.15) is 0 Å². The Morgan fingerprint density at radius 2 is 2.10 bits per heavy atom. The van der Waals surface area contributed by atoms with Crippen LogP contribution in [0, 0.1) is 11.8 Å². The van der Waals surface area contributed by atoms with Crippen LogP contribution < -0.4 is 10.0 Å². The number of sulfonamides is 1. The molecule has 4 nitrogen and oxygen atoms in total. The zero-order chi connectivity index (χ0) is 15.5. The van der Waals surface area contributed by atoms with Crippen molar-refractivity contribution in [3.63, 3.8) is 0 Å². The Morgan fingerprint density at radius 3 is 2.67 bits per heavy atom. The first-order chi connectivity index (χ1) is 9.92. The van der Waals surface area contributed by atoms with Gasteiger partial charge in [0.15, 0.2) is 0 Å². The molecule has 0 aliphatic heterocycles. The van der Waals surface area contributed by atoms with Crippen LogP contribution in [0.3, 0.4) is 0 Å². The van der Waals surface area contributed by atoms with E-state index in [2.05, 4.69) is 17.0 Å². The molecule has 0 bridgehead atoms. The summed E-state index contributed by atoms with van der Waals surface area (Å²) in [5.41, 5.74) is 0.891. The monoisotopic (exact) mass is 330 g/mol. The Kier molecular flexibility index (Phi) is 5.66. The maximum atomic E-state index is 12.3. The van der Waals surface area contributed by atoms with Crippen molar-refractivity contribution < 1.29 is 8.42 Å². The molecule has 21 heavy (non-hydrogen) atoms. The molecule has 1 aliphatic carbocycles. The summed E-state index contributed by atoms with van der Waals surface area (Å²) < 4.78 is 27.3. The highest BCUT2D eigenvalue weighted by Crippen LogP contribution is 2.30. The average Bonchev–Trinajstić information content (AvgIpc) is 2.85. The topological polar surface area (TPSA) is 58.2 Å². The van der Waals surface area contributed by atoms with E-state index in [4.69, 9.17) is 11.6 Å². The summed E-state index contributed by atoms with van der Waals surface area (Å²) in [5, 5.41) is 3.47. The molecule has 0 spiro atoms. The van der Waals surface area contributed by atoms with Crippen molar-refractivity contribution >= 4 is 21.6 Å². The third-order valence-electron chi connectivity index (χ3n) is 4.07. The molecule has 0 radical (unpaired) electrons. The molecule has 6 heteroatoms. The van der Waals surface area contributed by atoms with Crippen LogP contribution in [0.4, 0.5) is 0 Å². The second kappa shape index (κ2) is 7.09. The Bertz CT molecular complexity index is 589. The Hall–Kier alpha value is -0.620. The minimum absolute atomic E-state index is 0.235. The fraction of sp³-hybridized carbons (Fsp3) is 0.600. The smallest absolute Gasteiger partial charge is 0.240 e. The van der Waals surface area contributed by atoms with Gasteiger partial charge in [0.25, 0.3) is 0 Å². The summed E-state index contributed by atoms with van der Waals surface area (Å²) in [6.45, 7) is 3.35. The van der Waals surface area contributed by atoms with Gasteiger partial charge in [0.2, 0.25) is 10.0 Å². The summed E-state index contributed by atoms with van der Waals surface area (Å²) in [6, 6.07) is 4.89. The van der Waals surface area contributed by atoms with Crippen LogP contribution in [0.25, 0.3) is 0 Å². The standard InChI is InChI=1S/C15H23ClN2O2S/c1-11-3-4-12(7-11)9-18-21(19,20)14-6-5-13(10-17-2)15(16)8-14/h5-6,8,11-12,17-18H,3-4,7,9-10H2,1-2H3. The number of benzene rings is 1. The molecule has 1 saturated carbocycles. The van der Waals surface area contributed by atoms with E-state index in [1.165, 1.54) is 12.5 Å². The highest BCUT2D eigenvalue weighted by atomic mass is 35.5. The fourth-order valence-electron chi connectivity index (χ4n) is 2.85. The van der Waals surface area contributed by atoms with Gasteiger partial charge in [-0.25, -0.2) is 13.1 Å². The molecule has 2 unspecified atom stereocenters. The zero-order valence-corrected chi connectivity index (χ0v) is 14.1. The molecule has 118 valence electrons. The summed E-state index contributed by atoms with van der Waals surface area (Å²) in [4.78, 5) is 0.235. The Balaban J connectivity index is 2.03. The third kappa shape index (κ3) is 4.42. The van der Waals surface area contributed by atoms with E-state index in [-0.39, 0.29) is 4.90 Å². The van der Waals surface area contributed by atoms with Crippen LogP contribution in [-0.4, -0.2) is 22.0 Å². The molecule has 2 atom stereocenters. The van der Waals surface area contributed by atoms with Crippen molar-refractivity contribution in [2.24, 2.45) is 11.8 Å². The lowest BCUT2D eigenvalue weighted by Crippen LogP contribution is -2.28. The van der Waals surface area contributed by atoms with Crippen LogP contribution >= 0.6 is 11.6 Å². The van der Waals surface area contributed by atoms with Crippen molar-refractivity contribution in [3.05, 3.63) is 28.8 Å². The molecule has 1 aromatic carbocycles. The lowest BCUT2D eigenvalue weighted by Gasteiger charge is -2.13. The highest BCUT2D eigenvalue weighted by molar-refractivity contribution is 7.89. The first kappa shape index (κ1) is 16.7. The van der Waals surface area contributed by atoms with Crippen LogP contribution in [0.15, 0.2) is 23.1 Å². The SMILES string of the molecule is CNCc1ccc(S(=O)(=O)NCC2CCC(C)C2)cc1Cl. The van der Waals surface area contributed by atoms with Gasteiger partial charge in [-0.1, -0.05) is 31.0 Å². The molecule has 1 aliphatic rings. The van der Waals surface area contributed by atoms with Crippen LogP contribution in [-0.2, 0) is 16.6 Å². The van der Waals surface area contributed by atoms with Gasteiger partial charge >= 0.3 is 0 Å². The lowest BCUT2D eigenvalue weighted by atomic mass is 10.1. The number of nitrogens with one attached hydrogen (secondary N) is 2. The Morgan fingerprint density at radius 1 is 1.33 bits per heavy atom. The minimum Gasteiger partial charge on any atom is -0.316 e. The van der Waals surface area contributed by atoms with Crippen molar-refractivity contribution in [3.8, 4) is 0 Å². The van der Waals surface area contributed by atoms with Crippen LogP contribution in [0.5, 0.6) is 0 Å². The molecule has 2 rings (SSSR count). The largest absolute Gasteiger partial charge is 0.316 e. The van der Waals surface area contributed by atoms with Gasteiger partial charge in [-0.05, 0) is 49.4 Å². The van der Waals surface area contributed by atoms with Gasteiger partial charge in [-0.3, -0.25) is 0 Å². The summed E-state index contributed by atoms with van der Waals surface area (Å²) in [7, 11) is -1.65. The molecule has 0 heterocycles. The highest BCUT2D eigenvalue weighted by Gasteiger charge is 2.23.